The molecule has 0 radical (unpaired) electrons. The Bertz CT molecular complexity index is 601. The molecular formula is C16H17BrN2O. The van der Waals surface area contributed by atoms with Crippen molar-refractivity contribution in [3.63, 3.8) is 0 Å². The molecule has 1 aromatic heterocycles. The first-order chi connectivity index (χ1) is 9.63. The maximum Gasteiger partial charge on any atom is 0.153 e. The third kappa shape index (κ3) is 3.45. The predicted molar refractivity (Wildman–Crippen MR) is 84.1 cm³/mol. The van der Waals surface area contributed by atoms with Gasteiger partial charge in [0.25, 0.3) is 0 Å². The van der Waals surface area contributed by atoms with Crippen molar-refractivity contribution >= 4 is 22.2 Å². The van der Waals surface area contributed by atoms with Gasteiger partial charge in [0.15, 0.2) is 6.29 Å². The van der Waals surface area contributed by atoms with Crippen LogP contribution in [0, 0.1) is 0 Å². The second-order valence-corrected chi connectivity index (χ2v) is 5.75. The molecular weight excluding hydrogens is 316 g/mol. The van der Waals surface area contributed by atoms with Crippen molar-refractivity contribution in [3.8, 4) is 0 Å². The van der Waals surface area contributed by atoms with Crippen LogP contribution in [0.3, 0.4) is 0 Å². The highest BCUT2D eigenvalue weighted by Gasteiger charge is 2.14. The number of aldehydes is 1. The fraction of sp³-hybridized carbons (Fsp3) is 0.250. The van der Waals surface area contributed by atoms with Crippen molar-refractivity contribution in [3.05, 3.63) is 64.4 Å². The largest absolute Gasteiger partial charge is 0.298 e. The van der Waals surface area contributed by atoms with E-state index in [1.165, 1.54) is 0 Å². The van der Waals surface area contributed by atoms with E-state index in [4.69, 9.17) is 0 Å². The summed E-state index contributed by atoms with van der Waals surface area (Å²) in [5.74, 6) is 0.207. The smallest absolute Gasteiger partial charge is 0.153 e. The summed E-state index contributed by atoms with van der Waals surface area (Å²) in [7, 11) is 0. The molecule has 0 aliphatic heterocycles. The van der Waals surface area contributed by atoms with E-state index in [1.807, 2.05) is 41.2 Å². The van der Waals surface area contributed by atoms with Gasteiger partial charge in [-0.3, -0.25) is 9.48 Å². The van der Waals surface area contributed by atoms with Crippen molar-refractivity contribution < 1.29 is 4.79 Å². The van der Waals surface area contributed by atoms with Crippen LogP contribution in [-0.2, 0) is 6.54 Å². The average Bonchev–Trinajstić information content (AvgIpc) is 2.85. The second kappa shape index (κ2) is 6.66. The number of rotatable bonds is 6. The zero-order valence-corrected chi connectivity index (χ0v) is 13.0. The van der Waals surface area contributed by atoms with Gasteiger partial charge in [0.05, 0.1) is 17.8 Å². The molecule has 0 fully saturated rings. The highest BCUT2D eigenvalue weighted by atomic mass is 79.9. The van der Waals surface area contributed by atoms with Crippen molar-refractivity contribution in [2.45, 2.75) is 25.8 Å². The third-order valence-electron chi connectivity index (χ3n) is 3.19. The van der Waals surface area contributed by atoms with E-state index >= 15 is 0 Å². The summed E-state index contributed by atoms with van der Waals surface area (Å²) < 4.78 is 2.87. The van der Waals surface area contributed by atoms with E-state index in [-0.39, 0.29) is 5.92 Å². The summed E-state index contributed by atoms with van der Waals surface area (Å²) in [6.07, 6.45) is 5.35. The van der Waals surface area contributed by atoms with Crippen LogP contribution in [0.2, 0.25) is 0 Å². The van der Waals surface area contributed by atoms with E-state index in [2.05, 4.69) is 34.5 Å². The van der Waals surface area contributed by atoms with Crippen LogP contribution in [0.15, 0.2) is 47.6 Å². The number of halogens is 1. The minimum Gasteiger partial charge on any atom is -0.298 e. The number of benzene rings is 1. The van der Waals surface area contributed by atoms with Crippen LogP contribution in [-0.4, -0.2) is 16.1 Å². The Morgan fingerprint density at radius 3 is 2.70 bits per heavy atom. The highest BCUT2D eigenvalue weighted by Crippen LogP contribution is 2.21. The molecule has 0 N–H and O–H groups in total. The molecule has 2 aromatic rings. The van der Waals surface area contributed by atoms with Crippen molar-refractivity contribution in [1.82, 2.24) is 9.78 Å². The van der Waals surface area contributed by atoms with E-state index in [1.54, 1.807) is 0 Å². The molecule has 0 amide bonds. The molecule has 1 atom stereocenters. The van der Waals surface area contributed by atoms with Gasteiger partial charge in [-0.05, 0) is 24.1 Å². The minimum atomic E-state index is 0.207. The Kier molecular flexibility index (Phi) is 4.90. The van der Waals surface area contributed by atoms with E-state index in [9.17, 15) is 4.79 Å². The number of nitrogens with zero attached hydrogens (tertiary/aromatic N) is 2. The molecule has 1 aromatic carbocycles. The quantitative estimate of drug-likeness (QED) is 0.587. The van der Waals surface area contributed by atoms with E-state index in [0.29, 0.717) is 12.1 Å². The normalized spacial score (nSPS) is 12.1. The van der Waals surface area contributed by atoms with Gasteiger partial charge in [-0.2, -0.15) is 5.10 Å². The van der Waals surface area contributed by atoms with Crippen molar-refractivity contribution in [2.75, 3.05) is 0 Å². The minimum absolute atomic E-state index is 0.207. The Labute approximate surface area is 127 Å². The summed E-state index contributed by atoms with van der Waals surface area (Å²) in [6, 6.07) is 8.08. The summed E-state index contributed by atoms with van der Waals surface area (Å²) in [6.45, 7) is 6.46. The lowest BCUT2D eigenvalue weighted by Crippen LogP contribution is -2.02. The van der Waals surface area contributed by atoms with Gasteiger partial charge in [0, 0.05) is 16.6 Å². The molecule has 1 unspecified atom stereocenters. The van der Waals surface area contributed by atoms with Gasteiger partial charge in [-0.1, -0.05) is 41.1 Å². The second-order valence-electron chi connectivity index (χ2n) is 4.84. The van der Waals surface area contributed by atoms with Crippen LogP contribution in [0.5, 0.6) is 0 Å². The predicted octanol–water partition coefficient (Wildman–Crippen LogP) is 4.19. The van der Waals surface area contributed by atoms with Crippen molar-refractivity contribution in [2.24, 2.45) is 0 Å². The summed E-state index contributed by atoms with van der Waals surface area (Å²) >= 11 is 3.42. The van der Waals surface area contributed by atoms with Crippen LogP contribution in [0.1, 0.15) is 40.9 Å². The molecule has 0 aliphatic carbocycles. The first-order valence-electron chi connectivity index (χ1n) is 6.52. The maximum absolute atomic E-state index is 11.2. The first-order valence-corrected chi connectivity index (χ1v) is 7.31. The average molecular weight is 333 g/mol. The van der Waals surface area contributed by atoms with Gasteiger partial charge in [-0.15, -0.1) is 6.58 Å². The van der Waals surface area contributed by atoms with Gasteiger partial charge in [0.2, 0.25) is 0 Å². The van der Waals surface area contributed by atoms with E-state index in [0.717, 1.165) is 28.4 Å². The summed E-state index contributed by atoms with van der Waals surface area (Å²) in [5.41, 5.74) is 2.66. The zero-order valence-electron chi connectivity index (χ0n) is 11.4. The first kappa shape index (κ1) is 14.7. The van der Waals surface area contributed by atoms with Gasteiger partial charge in [0.1, 0.15) is 0 Å². The summed E-state index contributed by atoms with van der Waals surface area (Å²) in [4.78, 5) is 11.2. The molecule has 104 valence electrons. The molecule has 0 bridgehead atoms. The molecule has 0 saturated carbocycles. The zero-order chi connectivity index (χ0) is 14.5. The SMILES string of the molecule is C=CCC(C)c1nn(Cc2ccc(Br)cc2)cc1C=O. The highest BCUT2D eigenvalue weighted by molar-refractivity contribution is 9.10. The molecule has 3 nitrogen and oxygen atoms in total. The fourth-order valence-electron chi connectivity index (χ4n) is 2.15. The van der Waals surface area contributed by atoms with Gasteiger partial charge in [-0.25, -0.2) is 0 Å². The molecule has 20 heavy (non-hydrogen) atoms. The van der Waals surface area contributed by atoms with Gasteiger partial charge >= 0.3 is 0 Å². The fourth-order valence-corrected chi connectivity index (χ4v) is 2.41. The number of hydrogen-bond acceptors (Lipinski definition) is 2. The number of aromatic nitrogens is 2. The Hall–Kier alpha value is -1.68. The third-order valence-corrected chi connectivity index (χ3v) is 3.72. The number of carbonyl (C=O) groups is 1. The lowest BCUT2D eigenvalue weighted by atomic mass is 10.0. The van der Waals surface area contributed by atoms with Crippen LogP contribution in [0.25, 0.3) is 0 Å². The van der Waals surface area contributed by atoms with Gasteiger partial charge < -0.3 is 0 Å². The lowest BCUT2D eigenvalue weighted by Gasteiger charge is -2.06. The molecule has 0 aliphatic rings. The number of hydrogen-bond donors (Lipinski definition) is 0. The topological polar surface area (TPSA) is 34.9 Å². The molecule has 2 rings (SSSR count). The number of carbonyl (C=O) groups excluding carboxylic acids is 1. The Morgan fingerprint density at radius 1 is 1.40 bits per heavy atom. The molecule has 0 saturated heterocycles. The summed E-state index contributed by atoms with van der Waals surface area (Å²) in [5, 5.41) is 4.54. The Balaban J connectivity index is 2.22. The van der Waals surface area contributed by atoms with Crippen LogP contribution in [0.4, 0.5) is 0 Å². The standard InChI is InChI=1S/C16H17BrN2O/c1-3-4-12(2)16-14(11-20)10-19(18-16)9-13-5-7-15(17)8-6-13/h3,5-8,10-12H,1,4,9H2,2H3. The lowest BCUT2D eigenvalue weighted by molar-refractivity contribution is 0.112. The number of allylic oxidation sites excluding steroid dienone is 1. The molecule has 1 heterocycles. The van der Waals surface area contributed by atoms with Crippen molar-refractivity contribution in [1.29, 1.82) is 0 Å². The monoisotopic (exact) mass is 332 g/mol. The van der Waals surface area contributed by atoms with E-state index < -0.39 is 0 Å². The van der Waals surface area contributed by atoms with Crippen LogP contribution < -0.4 is 0 Å². The molecule has 4 heteroatoms. The molecule has 0 spiro atoms. The van der Waals surface area contributed by atoms with Crippen LogP contribution >= 0.6 is 15.9 Å². The Morgan fingerprint density at radius 2 is 2.10 bits per heavy atom. The maximum atomic E-state index is 11.2.